The molecule has 10 heteroatoms. The number of amides is 2. The first kappa shape index (κ1) is 31.4. The third-order valence-electron chi connectivity index (χ3n) is 7.60. The zero-order valence-electron chi connectivity index (χ0n) is 24.3. The predicted molar refractivity (Wildman–Crippen MR) is 165 cm³/mol. The van der Waals surface area contributed by atoms with Crippen LogP contribution in [0.1, 0.15) is 50.2 Å². The first-order valence-electron chi connectivity index (χ1n) is 14.2. The summed E-state index contributed by atoms with van der Waals surface area (Å²) in [6.07, 6.45) is 4.31. The number of nitrogens with zero attached hydrogens (tertiary/aromatic N) is 2. The van der Waals surface area contributed by atoms with Crippen molar-refractivity contribution in [1.82, 2.24) is 10.2 Å². The van der Waals surface area contributed by atoms with Gasteiger partial charge in [-0.15, -0.1) is 0 Å². The number of hydrogen-bond acceptors (Lipinski definition) is 5. The van der Waals surface area contributed by atoms with Crippen LogP contribution in [0, 0.1) is 6.92 Å². The summed E-state index contributed by atoms with van der Waals surface area (Å²) < 4.78 is 34.3. The van der Waals surface area contributed by atoms with Crippen molar-refractivity contribution >= 4 is 39.1 Å². The van der Waals surface area contributed by atoms with Crippen molar-refractivity contribution < 1.29 is 22.7 Å². The van der Waals surface area contributed by atoms with E-state index in [9.17, 15) is 18.0 Å². The van der Waals surface area contributed by atoms with E-state index in [2.05, 4.69) is 5.32 Å². The van der Waals surface area contributed by atoms with Crippen molar-refractivity contribution in [3.05, 3.63) is 88.9 Å². The van der Waals surface area contributed by atoms with Crippen molar-refractivity contribution in [2.75, 3.05) is 18.0 Å². The Morgan fingerprint density at radius 3 is 2.17 bits per heavy atom. The quantitative estimate of drug-likeness (QED) is 0.283. The summed E-state index contributed by atoms with van der Waals surface area (Å²) >= 11 is 6.10. The molecule has 1 aliphatic carbocycles. The molecule has 42 heavy (non-hydrogen) atoms. The van der Waals surface area contributed by atoms with Crippen molar-refractivity contribution in [2.45, 2.75) is 69.5 Å². The number of aryl methyl sites for hydroxylation is 1. The molecular weight excluding hydrogens is 574 g/mol. The fraction of sp³-hybridized carbons (Fsp3) is 0.375. The summed E-state index contributed by atoms with van der Waals surface area (Å²) in [4.78, 5) is 29.3. The average molecular weight is 612 g/mol. The van der Waals surface area contributed by atoms with Gasteiger partial charge in [0.2, 0.25) is 11.8 Å². The van der Waals surface area contributed by atoms with Crippen LogP contribution in [0.4, 0.5) is 5.69 Å². The molecule has 3 aromatic rings. The summed E-state index contributed by atoms with van der Waals surface area (Å²) in [5, 5.41) is 3.56. The van der Waals surface area contributed by atoms with Crippen LogP contribution in [0.2, 0.25) is 5.02 Å². The van der Waals surface area contributed by atoms with E-state index in [1.807, 2.05) is 26.0 Å². The molecule has 8 nitrogen and oxygen atoms in total. The standard InChI is InChI=1S/C32H38ClN3O5S/c1-4-30(32(38)34-26-7-5-6-8-26)35(21-24-11-17-28(41-3)18-12-24)31(37)22-36(27-15-13-25(33)14-16-27)42(39,40)29-19-9-23(2)10-20-29/h9-20,26,30H,4-8,21-22H2,1-3H3,(H,34,38). The van der Waals surface area contributed by atoms with Crippen molar-refractivity contribution in [1.29, 1.82) is 0 Å². The van der Waals surface area contributed by atoms with E-state index < -0.39 is 28.5 Å². The van der Waals surface area contributed by atoms with Gasteiger partial charge in [-0.05, 0) is 80.3 Å². The summed E-state index contributed by atoms with van der Waals surface area (Å²) in [7, 11) is -2.57. The molecule has 0 saturated heterocycles. The Morgan fingerprint density at radius 1 is 0.976 bits per heavy atom. The van der Waals surface area contributed by atoms with Crippen LogP contribution < -0.4 is 14.4 Å². The molecule has 0 bridgehead atoms. The van der Waals surface area contributed by atoms with E-state index in [1.54, 1.807) is 55.6 Å². The summed E-state index contributed by atoms with van der Waals surface area (Å²) in [5.41, 5.74) is 1.99. The minimum atomic E-state index is -4.14. The molecule has 4 rings (SSSR count). The number of sulfonamides is 1. The highest BCUT2D eigenvalue weighted by molar-refractivity contribution is 7.92. The smallest absolute Gasteiger partial charge is 0.264 e. The number of carbonyl (C=O) groups excluding carboxylic acids is 2. The highest BCUT2D eigenvalue weighted by Gasteiger charge is 2.34. The van der Waals surface area contributed by atoms with Crippen LogP contribution in [0.15, 0.2) is 77.7 Å². The van der Waals surface area contributed by atoms with Crippen molar-refractivity contribution in [3.8, 4) is 5.75 Å². The first-order chi connectivity index (χ1) is 20.1. The van der Waals surface area contributed by atoms with Gasteiger partial charge in [0.05, 0.1) is 17.7 Å². The van der Waals surface area contributed by atoms with Gasteiger partial charge in [0.1, 0.15) is 18.3 Å². The number of hydrogen-bond donors (Lipinski definition) is 1. The molecule has 0 aromatic heterocycles. The number of benzene rings is 3. The Kier molecular flexibility index (Phi) is 10.5. The number of nitrogens with one attached hydrogen (secondary N) is 1. The monoisotopic (exact) mass is 611 g/mol. The Hall–Kier alpha value is -3.56. The van der Waals surface area contributed by atoms with Crippen LogP contribution >= 0.6 is 11.6 Å². The maximum absolute atomic E-state index is 14.2. The first-order valence-corrected chi connectivity index (χ1v) is 16.0. The lowest BCUT2D eigenvalue weighted by molar-refractivity contribution is -0.140. The molecule has 0 heterocycles. The SMILES string of the molecule is CCC(C(=O)NC1CCCC1)N(Cc1ccc(OC)cc1)C(=O)CN(c1ccc(Cl)cc1)S(=O)(=O)c1ccc(C)cc1. The lowest BCUT2D eigenvalue weighted by atomic mass is 10.1. The molecular formula is C32H38ClN3O5S. The number of methoxy groups -OCH3 is 1. The fourth-order valence-electron chi connectivity index (χ4n) is 5.19. The maximum Gasteiger partial charge on any atom is 0.264 e. The molecule has 0 aliphatic heterocycles. The van der Waals surface area contributed by atoms with E-state index in [0.717, 1.165) is 41.1 Å². The normalized spacial score (nSPS) is 14.3. The van der Waals surface area contributed by atoms with Gasteiger partial charge in [-0.2, -0.15) is 0 Å². The highest BCUT2D eigenvalue weighted by Crippen LogP contribution is 2.27. The van der Waals surface area contributed by atoms with Crippen LogP contribution in [0.3, 0.4) is 0 Å². The molecule has 224 valence electrons. The second-order valence-corrected chi connectivity index (χ2v) is 12.9. The van der Waals surface area contributed by atoms with E-state index in [-0.39, 0.29) is 23.4 Å². The zero-order chi connectivity index (χ0) is 30.3. The lowest BCUT2D eigenvalue weighted by Gasteiger charge is -2.33. The number of rotatable bonds is 12. The Labute approximate surface area is 253 Å². The Bertz CT molecular complexity index is 1460. The van der Waals surface area contributed by atoms with Crippen LogP contribution in [0.5, 0.6) is 5.75 Å². The fourth-order valence-corrected chi connectivity index (χ4v) is 6.73. The number of halogens is 1. The second kappa shape index (κ2) is 14.1. The minimum absolute atomic E-state index is 0.0589. The molecule has 0 radical (unpaired) electrons. The third-order valence-corrected chi connectivity index (χ3v) is 9.64. The van der Waals surface area contributed by atoms with Gasteiger partial charge >= 0.3 is 0 Å². The topological polar surface area (TPSA) is 96.0 Å². The minimum Gasteiger partial charge on any atom is -0.497 e. The Morgan fingerprint density at radius 2 is 1.60 bits per heavy atom. The maximum atomic E-state index is 14.2. The van der Waals surface area contributed by atoms with Crippen LogP contribution in [0.25, 0.3) is 0 Å². The number of anilines is 1. The van der Waals surface area contributed by atoms with Gasteiger partial charge in [-0.1, -0.05) is 61.2 Å². The van der Waals surface area contributed by atoms with Gasteiger partial charge in [0.25, 0.3) is 10.0 Å². The predicted octanol–water partition coefficient (Wildman–Crippen LogP) is 5.72. The summed E-state index contributed by atoms with van der Waals surface area (Å²) in [6, 6.07) is 19.3. The van der Waals surface area contributed by atoms with Crippen LogP contribution in [-0.2, 0) is 26.2 Å². The molecule has 1 N–H and O–H groups in total. The van der Waals surface area contributed by atoms with Gasteiger partial charge in [-0.25, -0.2) is 8.42 Å². The molecule has 1 aliphatic rings. The third kappa shape index (κ3) is 7.63. The van der Waals surface area contributed by atoms with Gasteiger partial charge in [0, 0.05) is 17.6 Å². The molecule has 0 spiro atoms. The van der Waals surface area contributed by atoms with E-state index in [4.69, 9.17) is 16.3 Å². The van der Waals surface area contributed by atoms with E-state index in [0.29, 0.717) is 22.9 Å². The largest absolute Gasteiger partial charge is 0.497 e. The van der Waals surface area contributed by atoms with Crippen molar-refractivity contribution in [2.24, 2.45) is 0 Å². The van der Waals surface area contributed by atoms with E-state index >= 15 is 0 Å². The van der Waals surface area contributed by atoms with Gasteiger partial charge in [-0.3, -0.25) is 13.9 Å². The summed E-state index contributed by atoms with van der Waals surface area (Å²) in [6.45, 7) is 3.35. The van der Waals surface area contributed by atoms with Crippen molar-refractivity contribution in [3.63, 3.8) is 0 Å². The highest BCUT2D eigenvalue weighted by atomic mass is 35.5. The summed E-state index contributed by atoms with van der Waals surface area (Å²) in [5.74, 6) is -0.0590. The second-order valence-electron chi connectivity index (χ2n) is 10.6. The zero-order valence-corrected chi connectivity index (χ0v) is 25.8. The average Bonchev–Trinajstić information content (AvgIpc) is 3.49. The molecule has 1 fully saturated rings. The number of ether oxygens (including phenoxy) is 1. The molecule has 1 unspecified atom stereocenters. The van der Waals surface area contributed by atoms with Gasteiger partial charge in [0.15, 0.2) is 0 Å². The van der Waals surface area contributed by atoms with Crippen LogP contribution in [-0.4, -0.2) is 50.9 Å². The Balaban J connectivity index is 1.70. The molecule has 1 saturated carbocycles. The molecule has 2 amide bonds. The number of carbonyl (C=O) groups is 2. The molecule has 1 atom stereocenters. The van der Waals surface area contributed by atoms with E-state index in [1.165, 1.54) is 17.0 Å². The van der Waals surface area contributed by atoms with Gasteiger partial charge < -0.3 is 15.0 Å². The lowest BCUT2D eigenvalue weighted by Crippen LogP contribution is -2.53. The molecule has 3 aromatic carbocycles.